The van der Waals surface area contributed by atoms with Gasteiger partial charge in [0.05, 0.1) is 16.6 Å². The van der Waals surface area contributed by atoms with Crippen molar-refractivity contribution in [2.75, 3.05) is 0 Å². The van der Waals surface area contributed by atoms with E-state index in [2.05, 4.69) is 218 Å². The molecule has 0 N–H and O–H groups in total. The first-order chi connectivity index (χ1) is 31.2. The van der Waals surface area contributed by atoms with Crippen LogP contribution in [0.1, 0.15) is 22.3 Å². The first-order valence-electron chi connectivity index (χ1n) is 21.8. The maximum atomic E-state index is 5.53. The highest BCUT2D eigenvalue weighted by Gasteiger charge is 2.52. The summed E-state index contributed by atoms with van der Waals surface area (Å²) in [5, 5.41) is 11.2. The third-order valence-corrected chi connectivity index (χ3v) is 14.0. The Morgan fingerprint density at radius 3 is 1.57 bits per heavy atom. The Labute approximate surface area is 364 Å². The number of benzene rings is 11. The maximum absolute atomic E-state index is 5.53. The molecule has 12 aromatic rings. The lowest BCUT2D eigenvalue weighted by molar-refractivity contribution is 0.796. The van der Waals surface area contributed by atoms with E-state index in [1.54, 1.807) is 0 Å². The monoisotopic (exact) mass is 796 g/mol. The molecule has 1 atom stereocenters. The number of hydrogen-bond acceptors (Lipinski definition) is 2. The Kier molecular flexibility index (Phi) is 7.07. The van der Waals surface area contributed by atoms with Gasteiger partial charge in [0.25, 0.3) is 0 Å². The van der Waals surface area contributed by atoms with Gasteiger partial charge in [0.15, 0.2) is 5.82 Å². The third-order valence-electron chi connectivity index (χ3n) is 14.0. The minimum Gasteiger partial charge on any atom is -0.228 e. The van der Waals surface area contributed by atoms with Gasteiger partial charge in [0.1, 0.15) is 0 Å². The van der Waals surface area contributed by atoms with Crippen LogP contribution >= 0.6 is 0 Å². The largest absolute Gasteiger partial charge is 0.228 e. The van der Waals surface area contributed by atoms with Crippen molar-refractivity contribution in [1.29, 1.82) is 0 Å². The second-order valence-electron chi connectivity index (χ2n) is 17.2. The minimum atomic E-state index is -0.579. The third kappa shape index (κ3) is 4.72. The molecule has 290 valence electrons. The van der Waals surface area contributed by atoms with Crippen molar-refractivity contribution in [3.8, 4) is 56.0 Å². The summed E-state index contributed by atoms with van der Waals surface area (Å²) in [6.07, 6.45) is 0. The molecule has 0 amide bonds. The molecule has 1 unspecified atom stereocenters. The molecule has 2 nitrogen and oxygen atoms in total. The number of rotatable bonds is 3. The van der Waals surface area contributed by atoms with Crippen molar-refractivity contribution >= 4 is 54.0 Å². The van der Waals surface area contributed by atoms with Crippen molar-refractivity contribution in [2.45, 2.75) is 5.41 Å². The van der Waals surface area contributed by atoms with Crippen molar-refractivity contribution in [3.05, 3.63) is 241 Å². The van der Waals surface area contributed by atoms with Gasteiger partial charge in [0.2, 0.25) is 0 Å². The van der Waals surface area contributed by atoms with Gasteiger partial charge in [0, 0.05) is 16.5 Å². The highest BCUT2D eigenvalue weighted by molar-refractivity contribution is 6.26. The molecule has 2 aliphatic rings. The molecule has 1 aromatic heterocycles. The predicted octanol–water partition coefficient (Wildman–Crippen LogP) is 15.6. The molecule has 0 fully saturated rings. The van der Waals surface area contributed by atoms with Crippen molar-refractivity contribution < 1.29 is 0 Å². The summed E-state index contributed by atoms with van der Waals surface area (Å²) in [6.45, 7) is 0. The van der Waals surface area contributed by atoms with Gasteiger partial charge in [-0.1, -0.05) is 188 Å². The van der Waals surface area contributed by atoms with E-state index in [1.165, 1.54) is 98.7 Å². The van der Waals surface area contributed by atoms with Crippen LogP contribution in [0.5, 0.6) is 0 Å². The summed E-state index contributed by atoms with van der Waals surface area (Å²) in [6, 6.07) is 80.4. The number of para-hydroxylation sites is 1. The smallest absolute Gasteiger partial charge is 0.161 e. The Hall–Kier alpha value is -8.20. The molecule has 0 radical (unpaired) electrons. The van der Waals surface area contributed by atoms with Gasteiger partial charge in [-0.3, -0.25) is 0 Å². The van der Waals surface area contributed by atoms with E-state index in [9.17, 15) is 0 Å². The second-order valence-corrected chi connectivity index (χ2v) is 17.2. The van der Waals surface area contributed by atoms with Gasteiger partial charge in [-0.2, -0.15) is 0 Å². The fraction of sp³-hybridized carbons (Fsp3) is 0.0164. The van der Waals surface area contributed by atoms with Crippen LogP contribution in [-0.2, 0) is 5.41 Å². The van der Waals surface area contributed by atoms with Crippen molar-refractivity contribution in [3.63, 3.8) is 0 Å². The molecule has 14 rings (SSSR count). The number of fused-ring (bicyclic) bond motifs is 18. The second kappa shape index (κ2) is 12.9. The first-order valence-corrected chi connectivity index (χ1v) is 21.8. The van der Waals surface area contributed by atoms with Crippen LogP contribution in [0.2, 0.25) is 0 Å². The molecule has 0 bridgehead atoms. The molecule has 2 aliphatic carbocycles. The van der Waals surface area contributed by atoms with Gasteiger partial charge in [-0.05, 0) is 129 Å². The molecule has 1 heterocycles. The van der Waals surface area contributed by atoms with Crippen LogP contribution in [-0.4, -0.2) is 9.97 Å². The van der Waals surface area contributed by atoms with E-state index in [-0.39, 0.29) is 0 Å². The number of hydrogen-bond donors (Lipinski definition) is 0. The fourth-order valence-electron chi connectivity index (χ4n) is 11.4. The van der Waals surface area contributed by atoms with E-state index >= 15 is 0 Å². The molecule has 1 spiro atoms. The highest BCUT2D eigenvalue weighted by atomic mass is 14.9. The Morgan fingerprint density at radius 1 is 0.286 bits per heavy atom. The van der Waals surface area contributed by atoms with E-state index in [0.29, 0.717) is 0 Å². The fourth-order valence-corrected chi connectivity index (χ4v) is 11.4. The summed E-state index contributed by atoms with van der Waals surface area (Å²) >= 11 is 0. The molecule has 0 aliphatic heterocycles. The van der Waals surface area contributed by atoms with Gasteiger partial charge in [-0.15, -0.1) is 0 Å². The molecular weight excluding hydrogens is 761 g/mol. The molecule has 11 aromatic carbocycles. The Morgan fingerprint density at radius 2 is 0.810 bits per heavy atom. The van der Waals surface area contributed by atoms with E-state index in [4.69, 9.17) is 9.97 Å². The SMILES string of the molecule is c1ccc(-c2ccc(-c3nc(-c4cccc5c4-c4ccccc4C54c5cc6ccccc6cc5-c5cc6c7ccccc7c7ccccc7c6cc54)nc4ccccc34)cc2)cc1. The van der Waals surface area contributed by atoms with Crippen LogP contribution in [0.4, 0.5) is 0 Å². The van der Waals surface area contributed by atoms with Gasteiger partial charge >= 0.3 is 0 Å². The topological polar surface area (TPSA) is 25.8 Å². The number of aromatic nitrogens is 2. The van der Waals surface area contributed by atoms with Crippen LogP contribution in [0.25, 0.3) is 110 Å². The molecular formula is C61H36N2. The van der Waals surface area contributed by atoms with Crippen molar-refractivity contribution in [1.82, 2.24) is 9.97 Å². The lowest BCUT2D eigenvalue weighted by atomic mass is 9.70. The summed E-state index contributed by atoms with van der Waals surface area (Å²) in [7, 11) is 0. The Balaban J connectivity index is 1.07. The maximum Gasteiger partial charge on any atom is 0.161 e. The van der Waals surface area contributed by atoms with Gasteiger partial charge in [-0.25, -0.2) is 9.97 Å². The summed E-state index contributed by atoms with van der Waals surface area (Å²) in [5.74, 6) is 0.729. The lowest BCUT2D eigenvalue weighted by Gasteiger charge is -2.31. The predicted molar refractivity (Wildman–Crippen MR) is 262 cm³/mol. The average Bonchev–Trinajstić information content (AvgIpc) is 3.81. The zero-order chi connectivity index (χ0) is 41.2. The normalized spacial score (nSPS) is 14.7. The van der Waals surface area contributed by atoms with Crippen LogP contribution in [0.15, 0.2) is 218 Å². The van der Waals surface area contributed by atoms with Crippen molar-refractivity contribution in [2.24, 2.45) is 0 Å². The zero-order valence-electron chi connectivity index (χ0n) is 34.2. The highest BCUT2D eigenvalue weighted by Crippen LogP contribution is 2.65. The molecule has 2 heteroatoms. The van der Waals surface area contributed by atoms with E-state index < -0.39 is 5.41 Å². The molecule has 0 saturated heterocycles. The van der Waals surface area contributed by atoms with E-state index in [1.807, 2.05) is 0 Å². The van der Waals surface area contributed by atoms with Crippen LogP contribution in [0, 0.1) is 0 Å². The van der Waals surface area contributed by atoms with Gasteiger partial charge < -0.3 is 0 Å². The van der Waals surface area contributed by atoms with Crippen LogP contribution in [0.3, 0.4) is 0 Å². The van der Waals surface area contributed by atoms with Crippen LogP contribution < -0.4 is 0 Å². The molecule has 0 saturated carbocycles. The Bertz CT molecular complexity index is 3900. The standard InChI is InChI=1S/C61H36N2/c1-2-15-37(16-3-1)38-29-31-39(32-30-38)59-47-24-11-13-28-57(47)62-60(63-59)48-25-14-27-54-58(48)46-23-10-12-26-53(46)61(54)55-34-41-18-5-4-17-40(41)33-51(55)52-35-49-44-21-8-6-19-42(44)43-20-7-9-22-45(43)50(49)36-56(52)61/h1-36H. The summed E-state index contributed by atoms with van der Waals surface area (Å²) in [4.78, 5) is 10.9. The lowest BCUT2D eigenvalue weighted by Crippen LogP contribution is -2.26. The molecule has 63 heavy (non-hydrogen) atoms. The first kappa shape index (κ1) is 34.5. The zero-order valence-corrected chi connectivity index (χ0v) is 34.2. The quantitative estimate of drug-likeness (QED) is 0.166. The average molecular weight is 797 g/mol. The summed E-state index contributed by atoms with van der Waals surface area (Å²) < 4.78 is 0. The minimum absolute atomic E-state index is 0.579. The number of nitrogens with zero attached hydrogens (tertiary/aromatic N) is 2. The summed E-state index contributed by atoms with van der Waals surface area (Å²) in [5.41, 5.74) is 16.0. The van der Waals surface area contributed by atoms with E-state index in [0.717, 1.165) is 33.5 Å².